The van der Waals surface area contributed by atoms with Gasteiger partial charge in [0.05, 0.1) is 24.9 Å². The van der Waals surface area contributed by atoms with Crippen LogP contribution in [0.25, 0.3) is 0 Å². The predicted octanol–water partition coefficient (Wildman–Crippen LogP) is 4.05. The fourth-order valence-electron chi connectivity index (χ4n) is 2.98. The Kier molecular flexibility index (Phi) is 7.01. The number of rotatable bonds is 7. The van der Waals surface area contributed by atoms with Gasteiger partial charge in [-0.25, -0.2) is 0 Å². The summed E-state index contributed by atoms with van der Waals surface area (Å²) in [7, 11) is 1.55. The first kappa shape index (κ1) is 21.6. The van der Waals surface area contributed by atoms with Crippen molar-refractivity contribution in [2.24, 2.45) is 0 Å². The van der Waals surface area contributed by atoms with E-state index in [0.717, 1.165) is 5.56 Å². The third-order valence-electron chi connectivity index (χ3n) is 4.35. The van der Waals surface area contributed by atoms with Gasteiger partial charge in [0.2, 0.25) is 5.91 Å². The zero-order valence-corrected chi connectivity index (χ0v) is 17.2. The van der Waals surface area contributed by atoms with Crippen LogP contribution in [0.5, 0.6) is 11.5 Å². The van der Waals surface area contributed by atoms with Crippen LogP contribution in [0.15, 0.2) is 72.8 Å². The molecule has 0 saturated heterocycles. The standard InChI is InChI=1S/C24H22N2O5/c1-16(27)31-19-10-7-9-18(14-19)24(29)26-21-12-5-4-11-20(21)25-23(28)15-17-8-3-6-13-22(17)30-2/h3-14H,15H2,1-2H3,(H,25,28)(H,26,29). The summed E-state index contributed by atoms with van der Waals surface area (Å²) in [4.78, 5) is 36.4. The summed E-state index contributed by atoms with van der Waals surface area (Å²) >= 11 is 0. The molecule has 0 bridgehead atoms. The lowest BCUT2D eigenvalue weighted by atomic mass is 10.1. The second-order valence-corrected chi connectivity index (χ2v) is 6.66. The Morgan fingerprint density at radius 3 is 2.23 bits per heavy atom. The minimum atomic E-state index is -0.472. The molecule has 0 aliphatic rings. The molecule has 158 valence electrons. The Hall–Kier alpha value is -4.13. The van der Waals surface area contributed by atoms with E-state index in [4.69, 9.17) is 9.47 Å². The van der Waals surface area contributed by atoms with Gasteiger partial charge in [0.25, 0.3) is 5.91 Å². The van der Waals surface area contributed by atoms with Crippen LogP contribution in [0.1, 0.15) is 22.8 Å². The molecule has 3 rings (SSSR count). The van der Waals surface area contributed by atoms with Gasteiger partial charge in [0, 0.05) is 18.1 Å². The number of amides is 2. The maximum absolute atomic E-state index is 12.7. The van der Waals surface area contributed by atoms with Crippen LogP contribution in [0.4, 0.5) is 11.4 Å². The zero-order valence-electron chi connectivity index (χ0n) is 17.2. The van der Waals surface area contributed by atoms with E-state index in [1.54, 1.807) is 55.6 Å². The summed E-state index contributed by atoms with van der Waals surface area (Å²) in [6, 6.07) is 20.5. The molecule has 3 aromatic carbocycles. The summed E-state index contributed by atoms with van der Waals surface area (Å²) in [6.45, 7) is 1.29. The van der Waals surface area contributed by atoms with E-state index in [-0.39, 0.29) is 18.1 Å². The lowest BCUT2D eigenvalue weighted by molar-refractivity contribution is -0.131. The lowest BCUT2D eigenvalue weighted by Gasteiger charge is -2.13. The van der Waals surface area contributed by atoms with Crippen molar-refractivity contribution >= 4 is 29.2 Å². The summed E-state index contributed by atoms with van der Waals surface area (Å²) in [5.74, 6) is -0.213. The Morgan fingerprint density at radius 2 is 1.52 bits per heavy atom. The number of nitrogens with one attached hydrogen (secondary N) is 2. The molecule has 0 heterocycles. The minimum absolute atomic E-state index is 0.122. The van der Waals surface area contributed by atoms with Gasteiger partial charge in [-0.1, -0.05) is 36.4 Å². The monoisotopic (exact) mass is 418 g/mol. The maximum atomic E-state index is 12.7. The first-order valence-electron chi connectivity index (χ1n) is 9.57. The van der Waals surface area contributed by atoms with Crippen molar-refractivity contribution in [1.29, 1.82) is 0 Å². The van der Waals surface area contributed by atoms with Gasteiger partial charge in [-0.05, 0) is 36.4 Å². The van der Waals surface area contributed by atoms with E-state index in [1.807, 2.05) is 18.2 Å². The van der Waals surface area contributed by atoms with Crippen LogP contribution in [0, 0.1) is 0 Å². The molecule has 0 aromatic heterocycles. The van der Waals surface area contributed by atoms with E-state index in [0.29, 0.717) is 22.7 Å². The molecule has 0 saturated carbocycles. The molecule has 0 aliphatic carbocycles. The number of benzene rings is 3. The fourth-order valence-corrected chi connectivity index (χ4v) is 2.98. The molecule has 0 unspecified atom stereocenters. The topological polar surface area (TPSA) is 93.7 Å². The van der Waals surface area contributed by atoms with Crippen molar-refractivity contribution in [1.82, 2.24) is 0 Å². The largest absolute Gasteiger partial charge is 0.496 e. The van der Waals surface area contributed by atoms with E-state index < -0.39 is 11.9 Å². The Bertz CT molecular complexity index is 1110. The predicted molar refractivity (Wildman–Crippen MR) is 117 cm³/mol. The van der Waals surface area contributed by atoms with Gasteiger partial charge < -0.3 is 20.1 Å². The van der Waals surface area contributed by atoms with Crippen LogP contribution < -0.4 is 20.1 Å². The van der Waals surface area contributed by atoms with Gasteiger partial charge in [0.15, 0.2) is 0 Å². The smallest absolute Gasteiger partial charge is 0.308 e. The molecule has 3 aromatic rings. The molecular weight excluding hydrogens is 396 g/mol. The summed E-state index contributed by atoms with van der Waals surface area (Å²) < 4.78 is 10.3. The number of esters is 1. The highest BCUT2D eigenvalue weighted by atomic mass is 16.5. The van der Waals surface area contributed by atoms with Crippen molar-refractivity contribution in [3.8, 4) is 11.5 Å². The highest BCUT2D eigenvalue weighted by molar-refractivity contribution is 6.07. The fraction of sp³-hybridized carbons (Fsp3) is 0.125. The van der Waals surface area contributed by atoms with Crippen LogP contribution in [-0.2, 0) is 16.0 Å². The number of carbonyl (C=O) groups is 3. The number of carbonyl (C=O) groups excluding carboxylic acids is 3. The van der Waals surface area contributed by atoms with E-state index in [2.05, 4.69) is 10.6 Å². The first-order valence-corrected chi connectivity index (χ1v) is 9.57. The highest BCUT2D eigenvalue weighted by Gasteiger charge is 2.13. The van der Waals surface area contributed by atoms with Crippen LogP contribution >= 0.6 is 0 Å². The van der Waals surface area contributed by atoms with E-state index >= 15 is 0 Å². The second-order valence-electron chi connectivity index (χ2n) is 6.66. The molecule has 31 heavy (non-hydrogen) atoms. The number of hydrogen-bond acceptors (Lipinski definition) is 5. The zero-order chi connectivity index (χ0) is 22.2. The molecule has 0 radical (unpaired) electrons. The van der Waals surface area contributed by atoms with Gasteiger partial charge in [-0.3, -0.25) is 14.4 Å². The number of hydrogen-bond donors (Lipinski definition) is 2. The molecule has 0 fully saturated rings. The third kappa shape index (κ3) is 5.93. The van der Waals surface area contributed by atoms with Crippen molar-refractivity contribution in [3.63, 3.8) is 0 Å². The average molecular weight is 418 g/mol. The third-order valence-corrected chi connectivity index (χ3v) is 4.35. The first-order chi connectivity index (χ1) is 15.0. The summed E-state index contributed by atoms with van der Waals surface area (Å²) in [6.07, 6.45) is 0.122. The van der Waals surface area contributed by atoms with Crippen molar-refractivity contribution in [2.45, 2.75) is 13.3 Å². The van der Waals surface area contributed by atoms with Gasteiger partial charge in [0.1, 0.15) is 11.5 Å². The SMILES string of the molecule is COc1ccccc1CC(=O)Nc1ccccc1NC(=O)c1cccc(OC(C)=O)c1. The molecule has 0 atom stereocenters. The van der Waals surface area contributed by atoms with Crippen molar-refractivity contribution in [2.75, 3.05) is 17.7 Å². The van der Waals surface area contributed by atoms with Gasteiger partial charge >= 0.3 is 5.97 Å². The molecule has 7 heteroatoms. The maximum Gasteiger partial charge on any atom is 0.308 e. The van der Waals surface area contributed by atoms with Crippen molar-refractivity contribution < 1.29 is 23.9 Å². The average Bonchev–Trinajstić information content (AvgIpc) is 2.75. The normalized spacial score (nSPS) is 10.1. The van der Waals surface area contributed by atoms with Crippen LogP contribution in [0.2, 0.25) is 0 Å². The summed E-state index contributed by atoms with van der Waals surface area (Å²) in [5.41, 5.74) is 1.98. The number of para-hydroxylation sites is 3. The number of anilines is 2. The van der Waals surface area contributed by atoms with Gasteiger partial charge in [-0.15, -0.1) is 0 Å². The van der Waals surface area contributed by atoms with E-state index in [9.17, 15) is 14.4 Å². The minimum Gasteiger partial charge on any atom is -0.496 e. The van der Waals surface area contributed by atoms with Gasteiger partial charge in [-0.2, -0.15) is 0 Å². The van der Waals surface area contributed by atoms with Crippen LogP contribution in [-0.4, -0.2) is 24.9 Å². The number of methoxy groups -OCH3 is 1. The van der Waals surface area contributed by atoms with Crippen LogP contribution in [0.3, 0.4) is 0 Å². The lowest BCUT2D eigenvalue weighted by Crippen LogP contribution is -2.18. The molecule has 0 aliphatic heterocycles. The molecule has 2 amide bonds. The quantitative estimate of drug-likeness (QED) is 0.446. The molecular formula is C24H22N2O5. The molecule has 2 N–H and O–H groups in total. The second kappa shape index (κ2) is 10.1. The molecule has 7 nitrogen and oxygen atoms in total. The molecule has 0 spiro atoms. The highest BCUT2D eigenvalue weighted by Crippen LogP contribution is 2.24. The summed E-state index contributed by atoms with van der Waals surface area (Å²) in [5, 5.41) is 5.61. The Morgan fingerprint density at radius 1 is 0.839 bits per heavy atom. The Labute approximate surface area is 180 Å². The van der Waals surface area contributed by atoms with Crippen molar-refractivity contribution in [3.05, 3.63) is 83.9 Å². The van der Waals surface area contributed by atoms with E-state index in [1.165, 1.54) is 13.0 Å². The Balaban J connectivity index is 1.72. The number of ether oxygens (including phenoxy) is 2.